The molecule has 0 aliphatic carbocycles. The molecule has 23 heavy (non-hydrogen) atoms. The number of hydrogen-bond donors (Lipinski definition) is 1. The molecular formula is C18H21NO3S. The minimum absolute atomic E-state index is 0.258. The van der Waals surface area contributed by atoms with Crippen molar-refractivity contribution in [2.45, 2.75) is 33.2 Å². The van der Waals surface area contributed by atoms with Crippen molar-refractivity contribution in [3.63, 3.8) is 0 Å². The van der Waals surface area contributed by atoms with E-state index in [1.807, 2.05) is 43.3 Å². The Morgan fingerprint density at radius 1 is 1.22 bits per heavy atom. The quantitative estimate of drug-likeness (QED) is 0.790. The smallest absolute Gasteiger partial charge is 0.348 e. The summed E-state index contributed by atoms with van der Waals surface area (Å²) in [4.78, 5) is 25.4. The number of nitrogens with one attached hydrogen (secondary N) is 1. The number of carbonyl (C=O) groups excluding carboxylic acids is 2. The van der Waals surface area contributed by atoms with E-state index in [2.05, 4.69) is 12.2 Å². The average Bonchev–Trinajstić information content (AvgIpc) is 2.93. The zero-order valence-electron chi connectivity index (χ0n) is 13.4. The molecule has 4 nitrogen and oxygen atoms in total. The lowest BCUT2D eigenvalue weighted by Gasteiger charge is -2.06. The number of ether oxygens (including phenoxy) is 1. The van der Waals surface area contributed by atoms with Crippen LogP contribution in [0.4, 0.5) is 0 Å². The Kier molecular flexibility index (Phi) is 6.35. The van der Waals surface area contributed by atoms with Crippen molar-refractivity contribution in [1.29, 1.82) is 0 Å². The molecule has 0 bridgehead atoms. The van der Waals surface area contributed by atoms with Crippen LogP contribution in [0.2, 0.25) is 0 Å². The van der Waals surface area contributed by atoms with Crippen molar-refractivity contribution < 1.29 is 14.3 Å². The van der Waals surface area contributed by atoms with Gasteiger partial charge in [-0.2, -0.15) is 0 Å². The molecule has 0 aliphatic rings. The molecule has 0 saturated heterocycles. The van der Waals surface area contributed by atoms with E-state index in [-0.39, 0.29) is 12.5 Å². The van der Waals surface area contributed by atoms with Crippen molar-refractivity contribution in [2.24, 2.45) is 0 Å². The molecule has 1 aromatic heterocycles. The Bertz CT molecular complexity index is 664. The lowest BCUT2D eigenvalue weighted by atomic mass is 10.1. The van der Waals surface area contributed by atoms with Gasteiger partial charge in [0.2, 0.25) is 0 Å². The first-order valence-corrected chi connectivity index (χ1v) is 8.49. The number of aryl methyl sites for hydroxylation is 2. The zero-order chi connectivity index (χ0) is 16.7. The summed E-state index contributed by atoms with van der Waals surface area (Å²) in [6.45, 7) is 4.27. The Hall–Kier alpha value is -2.14. The molecule has 0 aliphatic heterocycles. The molecule has 0 saturated carbocycles. The summed E-state index contributed by atoms with van der Waals surface area (Å²) in [7, 11) is 0. The summed E-state index contributed by atoms with van der Waals surface area (Å²) < 4.78 is 5.08. The van der Waals surface area contributed by atoms with E-state index in [1.165, 1.54) is 16.9 Å². The minimum atomic E-state index is -0.435. The summed E-state index contributed by atoms with van der Waals surface area (Å²) in [5, 5.41) is 2.73. The van der Waals surface area contributed by atoms with Crippen LogP contribution < -0.4 is 5.32 Å². The number of hydrogen-bond acceptors (Lipinski definition) is 4. The van der Waals surface area contributed by atoms with Crippen molar-refractivity contribution in [2.75, 3.05) is 6.61 Å². The van der Waals surface area contributed by atoms with E-state index in [4.69, 9.17) is 4.74 Å². The molecule has 1 N–H and O–H groups in total. The lowest BCUT2D eigenvalue weighted by molar-refractivity contribution is -0.124. The fraction of sp³-hybridized carbons (Fsp3) is 0.333. The summed E-state index contributed by atoms with van der Waals surface area (Å²) in [5.41, 5.74) is 2.18. The third-order valence-corrected chi connectivity index (χ3v) is 4.48. The van der Waals surface area contributed by atoms with Gasteiger partial charge in [0, 0.05) is 11.4 Å². The number of rotatable bonds is 7. The maximum atomic E-state index is 12.0. The fourth-order valence-electron chi connectivity index (χ4n) is 2.19. The summed E-state index contributed by atoms with van der Waals surface area (Å²) in [5.74, 6) is -0.737. The average molecular weight is 331 g/mol. The molecule has 1 heterocycles. The van der Waals surface area contributed by atoms with E-state index in [0.717, 1.165) is 23.3 Å². The van der Waals surface area contributed by atoms with Crippen molar-refractivity contribution >= 4 is 23.2 Å². The van der Waals surface area contributed by atoms with Crippen LogP contribution in [0.3, 0.4) is 0 Å². The van der Waals surface area contributed by atoms with Crippen LogP contribution in [0, 0.1) is 6.92 Å². The summed E-state index contributed by atoms with van der Waals surface area (Å²) in [6, 6.07) is 11.5. The van der Waals surface area contributed by atoms with Gasteiger partial charge in [-0.05, 0) is 30.5 Å². The van der Waals surface area contributed by atoms with Gasteiger partial charge in [0.1, 0.15) is 4.88 Å². The Morgan fingerprint density at radius 3 is 2.65 bits per heavy atom. The Morgan fingerprint density at radius 2 is 1.96 bits per heavy atom. The molecule has 1 amide bonds. The zero-order valence-corrected chi connectivity index (χ0v) is 14.2. The predicted molar refractivity (Wildman–Crippen MR) is 91.6 cm³/mol. The van der Waals surface area contributed by atoms with Gasteiger partial charge < -0.3 is 10.1 Å². The Balaban J connectivity index is 1.79. The second-order valence-corrected chi connectivity index (χ2v) is 6.54. The monoisotopic (exact) mass is 331 g/mol. The number of benzene rings is 1. The molecule has 0 atom stereocenters. The third-order valence-electron chi connectivity index (χ3n) is 3.41. The van der Waals surface area contributed by atoms with Gasteiger partial charge in [-0.1, -0.05) is 43.7 Å². The van der Waals surface area contributed by atoms with Crippen molar-refractivity contribution in [1.82, 2.24) is 5.32 Å². The van der Waals surface area contributed by atoms with Crippen molar-refractivity contribution in [3.05, 3.63) is 57.3 Å². The standard InChI is InChI=1S/C18H21NO3S/c1-3-7-15-10-16(23-13(15)2)18(21)22-12-17(20)19-11-14-8-5-4-6-9-14/h4-6,8-10H,3,7,11-12H2,1-2H3,(H,19,20). The normalized spacial score (nSPS) is 10.3. The van der Waals surface area contributed by atoms with Gasteiger partial charge in [0.05, 0.1) is 0 Å². The minimum Gasteiger partial charge on any atom is -0.451 e. The fourth-order valence-corrected chi connectivity index (χ4v) is 3.15. The molecule has 0 fully saturated rings. The van der Waals surface area contributed by atoms with Gasteiger partial charge in [-0.25, -0.2) is 4.79 Å². The molecule has 2 rings (SSSR count). The Labute approximate surface area is 140 Å². The third kappa shape index (κ3) is 5.21. The van der Waals surface area contributed by atoms with Crippen LogP contribution in [0.25, 0.3) is 0 Å². The molecule has 122 valence electrons. The molecule has 2 aromatic rings. The number of carbonyl (C=O) groups is 2. The van der Waals surface area contributed by atoms with Gasteiger partial charge in [0.25, 0.3) is 5.91 Å². The number of amides is 1. The van der Waals surface area contributed by atoms with Gasteiger partial charge >= 0.3 is 5.97 Å². The maximum Gasteiger partial charge on any atom is 0.348 e. The summed E-state index contributed by atoms with van der Waals surface area (Å²) in [6.07, 6.45) is 1.99. The molecule has 0 spiro atoms. The highest BCUT2D eigenvalue weighted by molar-refractivity contribution is 7.14. The molecule has 1 aromatic carbocycles. The second-order valence-electron chi connectivity index (χ2n) is 5.28. The lowest BCUT2D eigenvalue weighted by Crippen LogP contribution is -2.28. The summed E-state index contributed by atoms with van der Waals surface area (Å²) >= 11 is 1.42. The highest BCUT2D eigenvalue weighted by Gasteiger charge is 2.14. The molecule has 0 radical (unpaired) electrons. The molecule has 5 heteroatoms. The van der Waals surface area contributed by atoms with Crippen LogP contribution in [-0.4, -0.2) is 18.5 Å². The van der Waals surface area contributed by atoms with Crippen LogP contribution in [0.5, 0.6) is 0 Å². The first-order chi connectivity index (χ1) is 11.1. The van der Waals surface area contributed by atoms with Gasteiger partial charge in [0.15, 0.2) is 6.61 Å². The van der Waals surface area contributed by atoms with E-state index >= 15 is 0 Å². The second kappa shape index (κ2) is 8.48. The predicted octanol–water partition coefficient (Wildman–Crippen LogP) is 3.48. The van der Waals surface area contributed by atoms with E-state index in [9.17, 15) is 9.59 Å². The highest BCUT2D eigenvalue weighted by Crippen LogP contribution is 2.23. The van der Waals surface area contributed by atoms with Crippen LogP contribution >= 0.6 is 11.3 Å². The highest BCUT2D eigenvalue weighted by atomic mass is 32.1. The first kappa shape index (κ1) is 17.2. The van der Waals surface area contributed by atoms with Gasteiger partial charge in [-0.3, -0.25) is 4.79 Å². The first-order valence-electron chi connectivity index (χ1n) is 7.67. The molecular weight excluding hydrogens is 310 g/mol. The number of thiophene rings is 1. The van der Waals surface area contributed by atoms with Crippen molar-refractivity contribution in [3.8, 4) is 0 Å². The molecule has 0 unspecified atom stereocenters. The van der Waals surface area contributed by atoms with E-state index in [0.29, 0.717) is 11.4 Å². The van der Waals surface area contributed by atoms with Gasteiger partial charge in [-0.15, -0.1) is 11.3 Å². The van der Waals surface area contributed by atoms with E-state index < -0.39 is 5.97 Å². The van der Waals surface area contributed by atoms with Crippen LogP contribution in [0.15, 0.2) is 36.4 Å². The largest absolute Gasteiger partial charge is 0.451 e. The number of esters is 1. The van der Waals surface area contributed by atoms with E-state index in [1.54, 1.807) is 0 Å². The SMILES string of the molecule is CCCc1cc(C(=O)OCC(=O)NCc2ccccc2)sc1C. The van der Waals surface area contributed by atoms with Crippen LogP contribution in [0.1, 0.15) is 39.0 Å². The van der Waals surface area contributed by atoms with Crippen LogP contribution in [-0.2, 0) is 22.5 Å². The topological polar surface area (TPSA) is 55.4 Å². The maximum absolute atomic E-state index is 12.0.